The number of hydrogen-bond donors (Lipinski definition) is 1. The standard InChI is InChI=1S/C28H19F3N4O2/c1-17-5-7-18(8-6-17)27-33-24-15-21(10-12-26(24)37-27)32-16-19-13-23(9-11-25(19)36)35-34-22-4-2-3-20(14-22)28(29,30)31/h2-16,36H,1H3. The summed E-state index contributed by atoms with van der Waals surface area (Å²) in [6.07, 6.45) is -3.01. The molecule has 0 spiro atoms. The third-order valence-corrected chi connectivity index (χ3v) is 5.49. The first kappa shape index (κ1) is 23.9. The van der Waals surface area contributed by atoms with Crippen LogP contribution in [0, 0.1) is 6.92 Å². The van der Waals surface area contributed by atoms with Crippen LogP contribution in [0.1, 0.15) is 16.7 Å². The summed E-state index contributed by atoms with van der Waals surface area (Å²) in [5.74, 6) is 0.471. The molecule has 1 N–H and O–H groups in total. The van der Waals surface area contributed by atoms with Gasteiger partial charge >= 0.3 is 6.18 Å². The van der Waals surface area contributed by atoms with Crippen LogP contribution in [0.5, 0.6) is 5.75 Å². The van der Waals surface area contributed by atoms with Crippen LogP contribution in [0.2, 0.25) is 0 Å². The van der Waals surface area contributed by atoms with Gasteiger partial charge in [0.05, 0.1) is 22.6 Å². The van der Waals surface area contributed by atoms with E-state index in [0.29, 0.717) is 33.9 Å². The highest BCUT2D eigenvalue weighted by atomic mass is 19.4. The van der Waals surface area contributed by atoms with Crippen molar-refractivity contribution in [2.45, 2.75) is 13.1 Å². The summed E-state index contributed by atoms with van der Waals surface area (Å²) in [5.41, 5.74) is 3.81. The molecule has 0 unspecified atom stereocenters. The highest BCUT2D eigenvalue weighted by molar-refractivity contribution is 5.88. The number of halogens is 3. The number of rotatable bonds is 5. The average Bonchev–Trinajstić information content (AvgIpc) is 3.31. The van der Waals surface area contributed by atoms with Crippen LogP contribution >= 0.6 is 0 Å². The molecule has 4 aromatic carbocycles. The molecular weight excluding hydrogens is 481 g/mol. The minimum atomic E-state index is -4.47. The molecule has 0 aliphatic heterocycles. The normalized spacial score (nSPS) is 12.2. The van der Waals surface area contributed by atoms with Crippen molar-refractivity contribution in [1.29, 1.82) is 0 Å². The second-order valence-corrected chi connectivity index (χ2v) is 8.29. The highest BCUT2D eigenvalue weighted by Gasteiger charge is 2.30. The van der Waals surface area contributed by atoms with Crippen LogP contribution in [0.15, 0.2) is 105 Å². The van der Waals surface area contributed by atoms with Gasteiger partial charge in [0.15, 0.2) is 5.58 Å². The second kappa shape index (κ2) is 9.69. The van der Waals surface area contributed by atoms with Gasteiger partial charge in [-0.1, -0.05) is 23.8 Å². The van der Waals surface area contributed by atoms with Crippen molar-refractivity contribution >= 4 is 34.4 Å². The quantitative estimate of drug-likeness (QED) is 0.193. The lowest BCUT2D eigenvalue weighted by atomic mass is 10.1. The molecule has 184 valence electrons. The Morgan fingerprint density at radius 3 is 2.32 bits per heavy atom. The number of aliphatic imine (C=N–C) groups is 1. The summed E-state index contributed by atoms with van der Waals surface area (Å²) in [6.45, 7) is 2.01. The van der Waals surface area contributed by atoms with E-state index in [1.807, 2.05) is 31.2 Å². The van der Waals surface area contributed by atoms with E-state index in [2.05, 4.69) is 20.2 Å². The van der Waals surface area contributed by atoms with E-state index >= 15 is 0 Å². The van der Waals surface area contributed by atoms with Crippen molar-refractivity contribution in [3.63, 3.8) is 0 Å². The smallest absolute Gasteiger partial charge is 0.416 e. The van der Waals surface area contributed by atoms with Crippen LogP contribution in [0.3, 0.4) is 0 Å². The van der Waals surface area contributed by atoms with Gasteiger partial charge in [-0.2, -0.15) is 23.4 Å². The van der Waals surface area contributed by atoms with Gasteiger partial charge in [0.2, 0.25) is 5.89 Å². The van der Waals surface area contributed by atoms with E-state index < -0.39 is 11.7 Å². The maximum absolute atomic E-state index is 12.9. The molecule has 5 rings (SSSR count). The van der Waals surface area contributed by atoms with Gasteiger partial charge in [-0.3, -0.25) is 4.99 Å². The number of hydrogen-bond acceptors (Lipinski definition) is 6. The van der Waals surface area contributed by atoms with Crippen molar-refractivity contribution in [3.05, 3.63) is 102 Å². The Morgan fingerprint density at radius 2 is 1.57 bits per heavy atom. The Bertz CT molecular complexity index is 1640. The van der Waals surface area contributed by atoms with Gasteiger partial charge in [-0.05, 0) is 73.7 Å². The molecule has 37 heavy (non-hydrogen) atoms. The van der Waals surface area contributed by atoms with Gasteiger partial charge in [0.1, 0.15) is 11.3 Å². The molecule has 0 atom stereocenters. The number of fused-ring (bicyclic) bond motifs is 1. The van der Waals surface area contributed by atoms with Crippen LogP contribution in [0.25, 0.3) is 22.6 Å². The van der Waals surface area contributed by atoms with Gasteiger partial charge in [0, 0.05) is 17.3 Å². The molecule has 0 fully saturated rings. The minimum absolute atomic E-state index is 0.0362. The molecule has 0 saturated heterocycles. The zero-order valence-electron chi connectivity index (χ0n) is 19.4. The van der Waals surface area contributed by atoms with E-state index in [1.54, 1.807) is 18.2 Å². The number of aromatic hydroxyl groups is 1. The molecule has 0 bridgehead atoms. The average molecular weight is 500 g/mol. The van der Waals surface area contributed by atoms with Crippen LogP contribution in [-0.4, -0.2) is 16.3 Å². The molecule has 1 heterocycles. The zero-order chi connectivity index (χ0) is 26.0. The molecule has 5 aromatic rings. The number of alkyl halides is 3. The predicted molar refractivity (Wildman–Crippen MR) is 135 cm³/mol. The van der Waals surface area contributed by atoms with Gasteiger partial charge in [0.25, 0.3) is 0 Å². The number of aromatic nitrogens is 1. The van der Waals surface area contributed by atoms with Crippen LogP contribution in [0.4, 0.5) is 30.2 Å². The molecular formula is C28H19F3N4O2. The van der Waals surface area contributed by atoms with Crippen molar-refractivity contribution < 1.29 is 22.7 Å². The maximum Gasteiger partial charge on any atom is 0.416 e. The zero-order valence-corrected chi connectivity index (χ0v) is 19.4. The van der Waals surface area contributed by atoms with Crippen LogP contribution in [-0.2, 0) is 6.18 Å². The minimum Gasteiger partial charge on any atom is -0.507 e. The van der Waals surface area contributed by atoms with Crippen molar-refractivity contribution in [1.82, 2.24) is 4.98 Å². The van der Waals surface area contributed by atoms with E-state index in [1.165, 1.54) is 36.5 Å². The van der Waals surface area contributed by atoms with E-state index in [0.717, 1.165) is 23.3 Å². The number of oxazole rings is 1. The van der Waals surface area contributed by atoms with E-state index in [-0.39, 0.29) is 11.4 Å². The predicted octanol–water partition coefficient (Wildman–Crippen LogP) is 8.69. The molecule has 0 aliphatic rings. The first-order chi connectivity index (χ1) is 17.7. The Balaban J connectivity index is 1.36. The number of phenolic OH excluding ortho intramolecular Hbond substituents is 1. The molecule has 9 heteroatoms. The summed E-state index contributed by atoms with van der Waals surface area (Å²) >= 11 is 0. The number of benzene rings is 4. The molecule has 6 nitrogen and oxygen atoms in total. The number of azo groups is 1. The Hall–Kier alpha value is -4.79. The van der Waals surface area contributed by atoms with Crippen molar-refractivity contribution in [3.8, 4) is 17.2 Å². The number of phenols is 1. The Labute approximate surface area is 209 Å². The molecule has 1 aromatic heterocycles. The second-order valence-electron chi connectivity index (χ2n) is 8.29. The van der Waals surface area contributed by atoms with Crippen LogP contribution < -0.4 is 0 Å². The first-order valence-electron chi connectivity index (χ1n) is 11.2. The third-order valence-electron chi connectivity index (χ3n) is 5.49. The Kier molecular flexibility index (Phi) is 6.27. The number of aryl methyl sites for hydroxylation is 1. The maximum atomic E-state index is 12.9. The first-order valence-corrected chi connectivity index (χ1v) is 11.2. The lowest BCUT2D eigenvalue weighted by Gasteiger charge is -2.06. The summed E-state index contributed by atoms with van der Waals surface area (Å²) in [4.78, 5) is 8.96. The summed E-state index contributed by atoms with van der Waals surface area (Å²) in [7, 11) is 0. The fourth-order valence-corrected chi connectivity index (χ4v) is 3.53. The topological polar surface area (TPSA) is 83.3 Å². The third kappa shape index (κ3) is 5.56. The summed E-state index contributed by atoms with van der Waals surface area (Å²) < 4.78 is 44.6. The molecule has 0 aliphatic carbocycles. The molecule has 0 saturated carbocycles. The highest BCUT2D eigenvalue weighted by Crippen LogP contribution is 2.32. The Morgan fingerprint density at radius 1 is 0.838 bits per heavy atom. The van der Waals surface area contributed by atoms with E-state index in [9.17, 15) is 18.3 Å². The summed E-state index contributed by atoms with van der Waals surface area (Å²) in [5, 5.41) is 18.1. The van der Waals surface area contributed by atoms with E-state index in [4.69, 9.17) is 4.42 Å². The fourth-order valence-electron chi connectivity index (χ4n) is 3.53. The monoisotopic (exact) mass is 500 g/mol. The van der Waals surface area contributed by atoms with Crippen molar-refractivity contribution in [2.75, 3.05) is 0 Å². The molecule has 0 amide bonds. The lowest BCUT2D eigenvalue weighted by molar-refractivity contribution is -0.137. The van der Waals surface area contributed by atoms with Gasteiger partial charge < -0.3 is 9.52 Å². The number of nitrogens with zero attached hydrogens (tertiary/aromatic N) is 4. The van der Waals surface area contributed by atoms with Gasteiger partial charge in [-0.15, -0.1) is 0 Å². The lowest BCUT2D eigenvalue weighted by Crippen LogP contribution is -2.03. The van der Waals surface area contributed by atoms with Gasteiger partial charge in [-0.25, -0.2) is 4.98 Å². The fraction of sp³-hybridized carbons (Fsp3) is 0.0714. The van der Waals surface area contributed by atoms with Crippen molar-refractivity contribution in [2.24, 2.45) is 15.2 Å². The molecule has 0 radical (unpaired) electrons. The largest absolute Gasteiger partial charge is 0.507 e. The summed E-state index contributed by atoms with van der Waals surface area (Å²) in [6, 6.07) is 22.2. The SMILES string of the molecule is Cc1ccc(-c2nc3cc(N=Cc4cc(N=Nc5cccc(C(F)(F)F)c5)ccc4O)ccc3o2)cc1.